The summed E-state index contributed by atoms with van der Waals surface area (Å²) in [6.07, 6.45) is 5.93. The van der Waals surface area contributed by atoms with E-state index in [-0.39, 0.29) is 25.3 Å². The number of amides is 3. The number of hydrogen-bond donors (Lipinski definition) is 3. The number of carbonyl (C=O) groups excluding carboxylic acids is 4. The number of unbranched alkanes of at least 4 members (excludes halogenated alkanes) is 5. The first-order valence-corrected chi connectivity index (χ1v) is 15.9. The number of aromatic hydroxyl groups is 1. The van der Waals surface area contributed by atoms with Gasteiger partial charge in [-0.2, -0.15) is 0 Å². The second-order valence-corrected chi connectivity index (χ2v) is 12.2. The SMILES string of the molecule is CCCCCCCCN(C(=O)C(Cc1ccc(O)cc1)NC(=O)OC(C)(C)C)C(C(=O)NCC(=O)OC)c1ccc(CC)cc1. The van der Waals surface area contributed by atoms with Crippen LogP contribution >= 0.6 is 0 Å². The Hall–Kier alpha value is -4.08. The number of carbonyl (C=O) groups is 4. The van der Waals surface area contributed by atoms with E-state index in [2.05, 4.69) is 17.6 Å². The zero-order valence-corrected chi connectivity index (χ0v) is 27.7. The van der Waals surface area contributed by atoms with Crippen molar-refractivity contribution in [2.24, 2.45) is 0 Å². The highest BCUT2D eigenvalue weighted by Gasteiger charge is 2.36. The quantitative estimate of drug-likeness (QED) is 0.154. The maximum absolute atomic E-state index is 14.6. The van der Waals surface area contributed by atoms with Crippen molar-refractivity contribution in [1.82, 2.24) is 15.5 Å². The van der Waals surface area contributed by atoms with Gasteiger partial charge in [-0.05, 0) is 62.4 Å². The van der Waals surface area contributed by atoms with Crippen LogP contribution in [0.15, 0.2) is 48.5 Å². The fourth-order valence-electron chi connectivity index (χ4n) is 4.88. The van der Waals surface area contributed by atoms with Gasteiger partial charge >= 0.3 is 12.1 Å². The molecule has 2 aromatic carbocycles. The summed E-state index contributed by atoms with van der Waals surface area (Å²) in [5.41, 5.74) is 1.54. The first kappa shape index (κ1) is 37.1. The molecule has 0 aromatic heterocycles. The summed E-state index contributed by atoms with van der Waals surface area (Å²) >= 11 is 0. The summed E-state index contributed by atoms with van der Waals surface area (Å²) in [5, 5.41) is 15.2. The molecule has 2 atom stereocenters. The van der Waals surface area contributed by atoms with Gasteiger partial charge < -0.3 is 30.1 Å². The van der Waals surface area contributed by atoms with Gasteiger partial charge in [-0.15, -0.1) is 0 Å². The molecule has 0 spiro atoms. The van der Waals surface area contributed by atoms with Crippen LogP contribution in [0.4, 0.5) is 4.79 Å². The molecule has 45 heavy (non-hydrogen) atoms. The number of methoxy groups -OCH3 is 1. The van der Waals surface area contributed by atoms with Gasteiger partial charge in [-0.1, -0.05) is 82.3 Å². The molecule has 0 saturated heterocycles. The van der Waals surface area contributed by atoms with Crippen molar-refractivity contribution in [2.75, 3.05) is 20.2 Å². The van der Waals surface area contributed by atoms with Crippen LogP contribution in [0.5, 0.6) is 5.75 Å². The summed E-state index contributed by atoms with van der Waals surface area (Å²) in [5.74, 6) is -1.55. The summed E-state index contributed by atoms with van der Waals surface area (Å²) in [7, 11) is 1.24. The smallest absolute Gasteiger partial charge is 0.408 e. The Morgan fingerprint density at radius 1 is 0.867 bits per heavy atom. The van der Waals surface area contributed by atoms with E-state index < -0.39 is 41.6 Å². The number of phenols is 1. The van der Waals surface area contributed by atoms with Crippen LogP contribution in [0.2, 0.25) is 0 Å². The van der Waals surface area contributed by atoms with Crippen molar-refractivity contribution < 1.29 is 33.8 Å². The van der Waals surface area contributed by atoms with Crippen LogP contribution in [0, 0.1) is 0 Å². The average molecular weight is 626 g/mol. The minimum absolute atomic E-state index is 0.0734. The maximum Gasteiger partial charge on any atom is 0.408 e. The molecular weight excluding hydrogens is 574 g/mol. The molecule has 0 heterocycles. The first-order valence-electron chi connectivity index (χ1n) is 15.9. The van der Waals surface area contributed by atoms with Gasteiger partial charge in [-0.3, -0.25) is 14.4 Å². The normalized spacial score (nSPS) is 12.5. The zero-order valence-electron chi connectivity index (χ0n) is 27.7. The van der Waals surface area contributed by atoms with E-state index in [0.717, 1.165) is 44.1 Å². The number of nitrogens with zero attached hydrogens (tertiary/aromatic N) is 1. The Labute approximate surface area is 267 Å². The lowest BCUT2D eigenvalue weighted by Crippen LogP contribution is -2.54. The van der Waals surface area contributed by atoms with Crippen LogP contribution in [0.25, 0.3) is 0 Å². The van der Waals surface area contributed by atoms with Gasteiger partial charge in [0, 0.05) is 13.0 Å². The van der Waals surface area contributed by atoms with Crippen molar-refractivity contribution in [1.29, 1.82) is 0 Å². The van der Waals surface area contributed by atoms with Crippen molar-refractivity contribution in [2.45, 2.75) is 104 Å². The molecule has 0 bridgehead atoms. The molecule has 10 nitrogen and oxygen atoms in total. The lowest BCUT2D eigenvalue weighted by Gasteiger charge is -2.34. The number of phenolic OH excluding ortho intramolecular Hbond substituents is 1. The van der Waals surface area contributed by atoms with Crippen LogP contribution in [0.3, 0.4) is 0 Å². The van der Waals surface area contributed by atoms with Crippen LogP contribution < -0.4 is 10.6 Å². The average Bonchev–Trinajstić information content (AvgIpc) is 3.00. The number of alkyl carbamates (subject to hydrolysis) is 1. The van der Waals surface area contributed by atoms with Gasteiger partial charge in [0.25, 0.3) is 0 Å². The van der Waals surface area contributed by atoms with E-state index in [0.29, 0.717) is 17.5 Å². The Morgan fingerprint density at radius 3 is 2.04 bits per heavy atom. The molecular formula is C35H51N3O7. The number of rotatable bonds is 17. The van der Waals surface area contributed by atoms with Crippen molar-refractivity contribution in [3.63, 3.8) is 0 Å². The third-order valence-electron chi connectivity index (χ3n) is 7.30. The summed E-state index contributed by atoms with van der Waals surface area (Å²) < 4.78 is 10.2. The van der Waals surface area contributed by atoms with E-state index in [9.17, 15) is 24.3 Å². The second kappa shape index (κ2) is 18.7. The van der Waals surface area contributed by atoms with E-state index in [4.69, 9.17) is 9.47 Å². The van der Waals surface area contributed by atoms with Crippen molar-refractivity contribution >= 4 is 23.9 Å². The molecule has 2 unspecified atom stereocenters. The summed E-state index contributed by atoms with van der Waals surface area (Å²) in [4.78, 5) is 54.8. The maximum atomic E-state index is 14.6. The Kier molecular flexibility index (Phi) is 15.4. The Balaban J connectivity index is 2.55. The van der Waals surface area contributed by atoms with Crippen LogP contribution in [-0.2, 0) is 36.7 Å². The monoisotopic (exact) mass is 625 g/mol. The molecule has 0 aliphatic rings. The van der Waals surface area contributed by atoms with Gasteiger partial charge in [0.05, 0.1) is 7.11 Å². The molecule has 2 aromatic rings. The lowest BCUT2D eigenvalue weighted by molar-refractivity contribution is -0.144. The molecule has 248 valence electrons. The molecule has 3 amide bonds. The lowest BCUT2D eigenvalue weighted by atomic mass is 9.98. The summed E-state index contributed by atoms with van der Waals surface area (Å²) in [6, 6.07) is 11.7. The predicted molar refractivity (Wildman–Crippen MR) is 174 cm³/mol. The molecule has 3 N–H and O–H groups in total. The van der Waals surface area contributed by atoms with Crippen molar-refractivity contribution in [3.8, 4) is 5.75 Å². The zero-order chi connectivity index (χ0) is 33.4. The third-order valence-corrected chi connectivity index (χ3v) is 7.30. The topological polar surface area (TPSA) is 134 Å². The van der Waals surface area contributed by atoms with E-state index in [1.807, 2.05) is 31.2 Å². The molecule has 0 radical (unpaired) electrons. The van der Waals surface area contributed by atoms with Gasteiger partial charge in [0.1, 0.15) is 30.0 Å². The largest absolute Gasteiger partial charge is 0.508 e. The Morgan fingerprint density at radius 2 is 1.47 bits per heavy atom. The van der Waals surface area contributed by atoms with Gasteiger partial charge in [0.15, 0.2) is 0 Å². The minimum atomic E-state index is -1.09. The summed E-state index contributed by atoms with van der Waals surface area (Å²) in [6.45, 7) is 9.26. The highest BCUT2D eigenvalue weighted by Crippen LogP contribution is 2.25. The number of ether oxygens (including phenoxy) is 2. The number of hydrogen-bond acceptors (Lipinski definition) is 7. The number of esters is 1. The predicted octanol–water partition coefficient (Wildman–Crippen LogP) is 5.61. The molecule has 0 aliphatic carbocycles. The van der Waals surface area contributed by atoms with E-state index in [1.165, 1.54) is 24.1 Å². The number of benzene rings is 2. The van der Waals surface area contributed by atoms with Crippen LogP contribution in [-0.4, -0.2) is 65.7 Å². The minimum Gasteiger partial charge on any atom is -0.508 e. The third kappa shape index (κ3) is 13.2. The molecule has 2 rings (SSSR count). The highest BCUT2D eigenvalue weighted by molar-refractivity contribution is 5.93. The van der Waals surface area contributed by atoms with Crippen LogP contribution in [0.1, 0.15) is 95.9 Å². The second-order valence-electron chi connectivity index (χ2n) is 12.2. The number of aryl methyl sites for hydroxylation is 1. The van der Waals surface area contributed by atoms with Gasteiger partial charge in [0.2, 0.25) is 11.8 Å². The van der Waals surface area contributed by atoms with E-state index in [1.54, 1.807) is 32.9 Å². The highest BCUT2D eigenvalue weighted by atomic mass is 16.6. The first-order chi connectivity index (χ1) is 21.4. The fraction of sp³-hybridized carbons (Fsp3) is 0.543. The molecule has 0 saturated carbocycles. The molecule has 0 fully saturated rings. The van der Waals surface area contributed by atoms with E-state index >= 15 is 0 Å². The molecule has 10 heteroatoms. The molecule has 0 aliphatic heterocycles. The van der Waals surface area contributed by atoms with Gasteiger partial charge in [-0.25, -0.2) is 4.79 Å². The van der Waals surface area contributed by atoms with Crippen molar-refractivity contribution in [3.05, 3.63) is 65.2 Å². The standard InChI is InChI=1S/C35H51N3O7/c1-7-9-10-11-12-13-22-38(31(32(41)36-24-30(40)44-6)27-18-14-25(8-2)15-19-27)33(42)29(37-34(43)45-35(3,4)5)23-26-16-20-28(39)21-17-26/h14-21,29,31,39H,7-13,22-24H2,1-6H3,(H,36,41)(H,37,43). The fourth-order valence-corrected chi connectivity index (χ4v) is 4.88. The number of nitrogens with one attached hydrogen (secondary N) is 2. The Bertz CT molecular complexity index is 1220.